The average Bonchev–Trinajstić information content (AvgIpc) is 3.29. The second-order valence-corrected chi connectivity index (χ2v) is 11.1. The van der Waals surface area contributed by atoms with Crippen molar-refractivity contribution < 1.29 is 18.0 Å². The zero-order valence-electron chi connectivity index (χ0n) is 23.8. The highest BCUT2D eigenvalue weighted by molar-refractivity contribution is 5.79. The molecule has 1 aliphatic carbocycles. The van der Waals surface area contributed by atoms with Gasteiger partial charge in [0.05, 0.1) is 6.04 Å². The molecule has 2 aromatic rings. The molecule has 39 heavy (non-hydrogen) atoms. The molecule has 1 aliphatic rings. The first kappa shape index (κ1) is 30.8. The largest absolute Gasteiger partial charge is 0.349 e. The van der Waals surface area contributed by atoms with Crippen molar-refractivity contribution in [3.8, 4) is 0 Å². The molecule has 0 radical (unpaired) electrons. The van der Waals surface area contributed by atoms with Crippen LogP contribution in [-0.4, -0.2) is 56.1 Å². The van der Waals surface area contributed by atoms with Gasteiger partial charge in [0.2, 0.25) is 17.8 Å². The van der Waals surface area contributed by atoms with Crippen molar-refractivity contribution in [2.75, 3.05) is 13.6 Å². The number of carbonyl (C=O) groups is 1. The first-order valence-corrected chi connectivity index (χ1v) is 14.0. The number of nitrogens with zero attached hydrogens (tertiary/aromatic N) is 5. The Labute approximate surface area is 230 Å². The summed E-state index contributed by atoms with van der Waals surface area (Å²) in [6.45, 7) is 13.1. The van der Waals surface area contributed by atoms with Gasteiger partial charge in [-0.1, -0.05) is 32.9 Å². The molecule has 0 aromatic carbocycles. The number of likely N-dealkylation sites (N-methyl/N-ethyl adjacent to an activating group) is 1. The molecular weight excluding hydrogens is 505 g/mol. The average molecular weight is 549 g/mol. The fraction of sp³-hybridized carbons (Fsp3) is 0.655. The van der Waals surface area contributed by atoms with Crippen molar-refractivity contribution in [2.24, 2.45) is 5.92 Å². The molecule has 1 fully saturated rings. The molecule has 1 amide bonds. The van der Waals surface area contributed by atoms with Crippen LogP contribution in [0, 0.1) is 18.8 Å². The highest BCUT2D eigenvalue weighted by Gasteiger charge is 2.38. The maximum atomic E-state index is 13.6. The van der Waals surface area contributed by atoms with Gasteiger partial charge in [0.25, 0.3) is 0 Å². The minimum atomic E-state index is -2.70. The van der Waals surface area contributed by atoms with Crippen LogP contribution in [0.5, 0.6) is 0 Å². The number of hydrogen-bond donors (Lipinski definition) is 1. The number of pyridine rings is 1. The lowest BCUT2D eigenvalue weighted by Gasteiger charge is -2.32. The summed E-state index contributed by atoms with van der Waals surface area (Å²) >= 11 is 0. The van der Waals surface area contributed by atoms with E-state index in [1.807, 2.05) is 20.0 Å². The monoisotopic (exact) mass is 548 g/mol. The molecule has 3 rings (SSSR count). The van der Waals surface area contributed by atoms with Crippen LogP contribution in [0.1, 0.15) is 101 Å². The fourth-order valence-electron chi connectivity index (χ4n) is 5.43. The number of aryl methyl sites for hydroxylation is 1. The Kier molecular flexibility index (Phi) is 10.7. The minimum absolute atomic E-state index is 0.0556. The Morgan fingerprint density at radius 1 is 1.28 bits per heavy atom. The highest BCUT2D eigenvalue weighted by Crippen LogP contribution is 2.36. The van der Waals surface area contributed by atoms with Crippen LogP contribution in [0.15, 0.2) is 31.0 Å². The van der Waals surface area contributed by atoms with Gasteiger partial charge < -0.3 is 9.88 Å². The summed E-state index contributed by atoms with van der Waals surface area (Å²) in [5.74, 6) is -1.87. The third-order valence-electron chi connectivity index (χ3n) is 7.92. The zero-order chi connectivity index (χ0) is 28.7. The van der Waals surface area contributed by atoms with Crippen molar-refractivity contribution in [1.82, 2.24) is 30.0 Å². The molecule has 216 valence electrons. The lowest BCUT2D eigenvalue weighted by molar-refractivity contribution is -0.130. The van der Waals surface area contributed by atoms with Crippen LogP contribution in [-0.2, 0) is 4.79 Å². The number of alkyl halides is 2. The maximum absolute atomic E-state index is 13.6. The molecule has 7 nitrogen and oxygen atoms in total. The minimum Gasteiger partial charge on any atom is -0.349 e. The Balaban J connectivity index is 1.70. The van der Waals surface area contributed by atoms with Crippen molar-refractivity contribution >= 4 is 5.91 Å². The number of carbonyl (C=O) groups excluding carboxylic acids is 1. The number of amides is 1. The van der Waals surface area contributed by atoms with E-state index in [4.69, 9.17) is 0 Å². The van der Waals surface area contributed by atoms with Gasteiger partial charge in [-0.15, -0.1) is 16.8 Å². The van der Waals surface area contributed by atoms with E-state index in [9.17, 15) is 18.0 Å². The van der Waals surface area contributed by atoms with Crippen molar-refractivity contribution in [1.29, 1.82) is 0 Å². The van der Waals surface area contributed by atoms with Gasteiger partial charge in [-0.25, -0.2) is 13.8 Å². The summed E-state index contributed by atoms with van der Waals surface area (Å²) in [6.07, 6.45) is 5.40. The fourth-order valence-corrected chi connectivity index (χ4v) is 5.43. The van der Waals surface area contributed by atoms with E-state index in [-0.39, 0.29) is 49.6 Å². The quantitative estimate of drug-likeness (QED) is 0.240. The van der Waals surface area contributed by atoms with Crippen LogP contribution in [0.4, 0.5) is 13.2 Å². The summed E-state index contributed by atoms with van der Waals surface area (Å²) in [4.78, 5) is 19.0. The van der Waals surface area contributed by atoms with E-state index < -0.39 is 23.8 Å². The molecule has 1 saturated carbocycles. The van der Waals surface area contributed by atoms with Gasteiger partial charge in [0.1, 0.15) is 11.6 Å². The topological polar surface area (TPSA) is 75.9 Å². The van der Waals surface area contributed by atoms with E-state index in [0.717, 1.165) is 24.5 Å². The summed E-state index contributed by atoms with van der Waals surface area (Å²) in [7, 11) is 2.02. The van der Waals surface area contributed by atoms with Crippen molar-refractivity contribution in [3.05, 3.63) is 54.1 Å². The maximum Gasteiger partial charge on any atom is 0.248 e. The van der Waals surface area contributed by atoms with E-state index >= 15 is 0 Å². The van der Waals surface area contributed by atoms with Crippen molar-refractivity contribution in [2.45, 2.75) is 103 Å². The van der Waals surface area contributed by atoms with E-state index in [0.29, 0.717) is 18.5 Å². The van der Waals surface area contributed by atoms with Gasteiger partial charge in [0, 0.05) is 49.5 Å². The predicted octanol–water partition coefficient (Wildman–Crippen LogP) is 6.14. The molecular formula is C29H43F3N6O. The predicted molar refractivity (Wildman–Crippen MR) is 146 cm³/mol. The molecule has 0 saturated heterocycles. The summed E-state index contributed by atoms with van der Waals surface area (Å²) in [5, 5.41) is 11.8. The molecule has 3 unspecified atom stereocenters. The number of rotatable bonds is 13. The van der Waals surface area contributed by atoms with Gasteiger partial charge in [-0.2, -0.15) is 4.39 Å². The molecule has 3 atom stereocenters. The Bertz CT molecular complexity index is 1080. The number of hydrogen-bond acceptors (Lipinski definition) is 5. The Morgan fingerprint density at radius 3 is 2.54 bits per heavy atom. The number of nitrogens with one attached hydrogen (secondary N) is 1. The molecule has 2 aromatic heterocycles. The summed E-state index contributed by atoms with van der Waals surface area (Å²) in [6, 6.07) is 2.72. The first-order chi connectivity index (χ1) is 18.5. The van der Waals surface area contributed by atoms with Gasteiger partial charge in [0.15, 0.2) is 0 Å². The molecule has 0 spiro atoms. The second-order valence-electron chi connectivity index (χ2n) is 11.1. The van der Waals surface area contributed by atoms with Gasteiger partial charge in [-0.05, 0) is 57.7 Å². The zero-order valence-corrected chi connectivity index (χ0v) is 23.8. The van der Waals surface area contributed by atoms with Crippen LogP contribution in [0.25, 0.3) is 0 Å². The van der Waals surface area contributed by atoms with Crippen LogP contribution in [0.3, 0.4) is 0 Å². The Hall–Kier alpha value is -2.75. The molecule has 0 aliphatic heterocycles. The van der Waals surface area contributed by atoms with Gasteiger partial charge in [-0.3, -0.25) is 9.69 Å². The smallest absolute Gasteiger partial charge is 0.248 e. The molecule has 0 bridgehead atoms. The SMILES string of the molecule is C=CC(CC(CC)n1c(C)nnc1C(C)C)N(C)CCC(NC(=O)C1CCC(F)(F)CC1)c1ccc(F)nc1. The normalized spacial score (nSPS) is 18.2. The Morgan fingerprint density at radius 2 is 1.97 bits per heavy atom. The number of halogens is 3. The molecule has 1 N–H and O–H groups in total. The third-order valence-corrected chi connectivity index (χ3v) is 7.92. The third kappa shape index (κ3) is 8.13. The summed E-state index contributed by atoms with van der Waals surface area (Å²) < 4.78 is 43.0. The molecule has 2 heterocycles. The highest BCUT2D eigenvalue weighted by atomic mass is 19.3. The summed E-state index contributed by atoms with van der Waals surface area (Å²) in [5.41, 5.74) is 0.683. The lowest BCUT2D eigenvalue weighted by Crippen LogP contribution is -2.40. The molecule has 10 heteroatoms. The lowest BCUT2D eigenvalue weighted by atomic mass is 9.86. The van der Waals surface area contributed by atoms with Crippen LogP contribution in [0.2, 0.25) is 0 Å². The number of aromatic nitrogens is 4. The first-order valence-electron chi connectivity index (χ1n) is 14.0. The van der Waals surface area contributed by atoms with E-state index in [1.165, 1.54) is 12.3 Å². The van der Waals surface area contributed by atoms with E-state index in [2.05, 4.69) is 57.3 Å². The van der Waals surface area contributed by atoms with Gasteiger partial charge >= 0.3 is 0 Å². The standard InChI is InChI=1S/C29H43F3N6O/c1-7-23(17-24(8-2)38-20(5)35-36-27(38)19(3)4)37(6)16-13-25(22-9-10-26(30)33-18-22)34-28(39)21-11-14-29(31,32)15-12-21/h7,9-10,18-19,21,23-25H,1,8,11-17H2,2-6H3,(H,34,39). The van der Waals surface area contributed by atoms with Crippen LogP contribution >= 0.6 is 0 Å². The second kappa shape index (κ2) is 13.5. The van der Waals surface area contributed by atoms with Crippen LogP contribution < -0.4 is 5.32 Å². The van der Waals surface area contributed by atoms with E-state index in [1.54, 1.807) is 6.07 Å². The van der Waals surface area contributed by atoms with Crippen molar-refractivity contribution in [3.63, 3.8) is 0 Å².